The minimum absolute atomic E-state index is 0.0663. The van der Waals surface area contributed by atoms with Crippen molar-refractivity contribution < 1.29 is 23.1 Å². The summed E-state index contributed by atoms with van der Waals surface area (Å²) in [5.41, 5.74) is 4.20. The van der Waals surface area contributed by atoms with Crippen LogP contribution in [0.25, 0.3) is 16.6 Å². The molecular formula is C42H44BrF2N5O4. The second kappa shape index (κ2) is 13.3. The number of hydrogen-bond acceptors (Lipinski definition) is 7. The number of ether oxygens (including phenoxy) is 1. The van der Waals surface area contributed by atoms with E-state index in [2.05, 4.69) is 67.7 Å². The third kappa shape index (κ3) is 5.99. The summed E-state index contributed by atoms with van der Waals surface area (Å²) >= 11 is 3.58. The molecule has 1 N–H and O–H groups in total. The first-order chi connectivity index (χ1) is 25.9. The first kappa shape index (κ1) is 35.7. The molecule has 2 unspecified atom stereocenters. The molecular weight excluding hydrogens is 756 g/mol. The van der Waals surface area contributed by atoms with Gasteiger partial charge in [0.1, 0.15) is 17.5 Å². The number of aromatic nitrogens is 2. The summed E-state index contributed by atoms with van der Waals surface area (Å²) in [6.07, 6.45) is 5.21. The minimum atomic E-state index is -0.999. The zero-order valence-electron chi connectivity index (χ0n) is 30.6. The molecule has 282 valence electrons. The molecule has 12 heteroatoms. The standard InChI is InChI=1S/C42H44BrF2N5O4/c1-41(2)29-8-6-25(18-34(29)50-33-5-3-4-30(43)37(33)39(53)47-40(41)50)24-10-14-48(15-11-24)22-27-21-42(23-54-27)12-16-49(17-13-42)26-19-31(44)36(32(45)20-26)28-7-9-35(51)46-38(28)52/h3-6,8,18-20,24,27-28H,7,9-17,21-23H2,1-2H3,(H,46,51,52). The first-order valence-corrected chi connectivity index (χ1v) is 20.0. The third-order valence-corrected chi connectivity index (χ3v) is 13.7. The SMILES string of the molecule is CC1(C)c2ccc(C3CCN(CC4CC5(CCN(c6cc(F)c(C7CCC(=O)NC7=O)c(F)c6)CC5)CO4)CC3)cc2-n2c1nc(=O)c1c(Br)cccc12. The van der Waals surface area contributed by atoms with E-state index in [4.69, 9.17) is 4.74 Å². The largest absolute Gasteiger partial charge is 0.376 e. The number of rotatable bonds is 5. The van der Waals surface area contributed by atoms with Crippen LogP contribution in [0.1, 0.15) is 93.1 Å². The van der Waals surface area contributed by atoms with Gasteiger partial charge in [-0.15, -0.1) is 0 Å². The monoisotopic (exact) mass is 799 g/mol. The van der Waals surface area contributed by atoms with Gasteiger partial charge < -0.3 is 14.5 Å². The van der Waals surface area contributed by atoms with E-state index in [0.717, 1.165) is 73.2 Å². The average molecular weight is 801 g/mol. The van der Waals surface area contributed by atoms with Gasteiger partial charge in [-0.25, -0.2) is 8.78 Å². The van der Waals surface area contributed by atoms with Gasteiger partial charge in [-0.1, -0.05) is 18.2 Å². The van der Waals surface area contributed by atoms with E-state index >= 15 is 8.78 Å². The van der Waals surface area contributed by atoms with E-state index in [9.17, 15) is 14.4 Å². The van der Waals surface area contributed by atoms with Crippen LogP contribution in [-0.4, -0.2) is 71.7 Å². The van der Waals surface area contributed by atoms with Crippen molar-refractivity contribution in [2.45, 2.75) is 82.1 Å². The van der Waals surface area contributed by atoms with Crippen LogP contribution in [0.2, 0.25) is 0 Å². The number of halogens is 3. The Bertz CT molecular complexity index is 2240. The van der Waals surface area contributed by atoms with Crippen molar-refractivity contribution in [2.24, 2.45) is 5.41 Å². The lowest BCUT2D eigenvalue weighted by Gasteiger charge is -2.40. The number of amides is 2. The second-order valence-electron chi connectivity index (χ2n) is 16.6. The zero-order valence-corrected chi connectivity index (χ0v) is 32.2. The van der Waals surface area contributed by atoms with E-state index in [1.165, 1.54) is 23.3 Å². The Hall–Kier alpha value is -4.00. The minimum Gasteiger partial charge on any atom is -0.376 e. The lowest BCUT2D eigenvalue weighted by molar-refractivity contribution is -0.134. The highest BCUT2D eigenvalue weighted by Crippen LogP contribution is 2.46. The van der Waals surface area contributed by atoms with Gasteiger partial charge >= 0.3 is 0 Å². The molecule has 0 bridgehead atoms. The Morgan fingerprint density at radius 3 is 2.43 bits per heavy atom. The van der Waals surface area contributed by atoms with Crippen LogP contribution >= 0.6 is 15.9 Å². The Balaban J connectivity index is 0.815. The van der Waals surface area contributed by atoms with E-state index in [0.29, 0.717) is 36.7 Å². The van der Waals surface area contributed by atoms with Crippen molar-refractivity contribution in [1.82, 2.24) is 19.8 Å². The molecule has 4 saturated heterocycles. The van der Waals surface area contributed by atoms with Crippen molar-refractivity contribution in [2.75, 3.05) is 44.2 Å². The number of fused-ring (bicyclic) bond motifs is 5. The van der Waals surface area contributed by atoms with Gasteiger partial charge in [0.2, 0.25) is 11.8 Å². The van der Waals surface area contributed by atoms with Crippen LogP contribution in [0.15, 0.2) is 57.8 Å². The normalized spacial score (nSPS) is 23.9. The summed E-state index contributed by atoms with van der Waals surface area (Å²) in [5.74, 6) is -2.32. The van der Waals surface area contributed by atoms with Crippen LogP contribution < -0.4 is 15.8 Å². The first-order valence-electron chi connectivity index (χ1n) is 19.2. The van der Waals surface area contributed by atoms with Crippen molar-refractivity contribution >= 4 is 44.3 Å². The average Bonchev–Trinajstić information content (AvgIpc) is 3.63. The van der Waals surface area contributed by atoms with Gasteiger partial charge in [-0.2, -0.15) is 4.98 Å². The number of likely N-dealkylation sites (tertiary alicyclic amines) is 1. The highest BCUT2D eigenvalue weighted by molar-refractivity contribution is 9.10. The summed E-state index contributed by atoms with van der Waals surface area (Å²) in [5, 5.41) is 2.80. The van der Waals surface area contributed by atoms with Crippen molar-refractivity contribution in [3.63, 3.8) is 0 Å². The van der Waals surface area contributed by atoms with Gasteiger partial charge in [0.05, 0.1) is 40.6 Å². The molecule has 9 nitrogen and oxygen atoms in total. The van der Waals surface area contributed by atoms with Crippen LogP contribution in [-0.2, 0) is 19.7 Å². The molecule has 0 aliphatic carbocycles. The molecule has 0 radical (unpaired) electrons. The van der Waals surface area contributed by atoms with Gasteiger partial charge in [-0.3, -0.25) is 24.3 Å². The number of piperidine rings is 3. The van der Waals surface area contributed by atoms with Gasteiger partial charge in [0, 0.05) is 41.8 Å². The highest BCUT2D eigenvalue weighted by Gasteiger charge is 2.44. The molecule has 5 aliphatic rings. The maximum atomic E-state index is 15.2. The Kier molecular flexibility index (Phi) is 8.81. The number of benzene rings is 3. The Morgan fingerprint density at radius 2 is 1.70 bits per heavy atom. The molecule has 4 fully saturated rings. The number of carbonyl (C=O) groups is 2. The van der Waals surface area contributed by atoms with Crippen molar-refractivity contribution in [1.29, 1.82) is 0 Å². The fraction of sp³-hybridized carbons (Fsp3) is 0.476. The van der Waals surface area contributed by atoms with E-state index < -0.39 is 29.4 Å². The number of carbonyl (C=O) groups excluding carboxylic acids is 2. The lowest BCUT2D eigenvalue weighted by atomic mass is 9.76. The smallest absolute Gasteiger partial charge is 0.281 e. The quantitative estimate of drug-likeness (QED) is 0.221. The zero-order chi connectivity index (χ0) is 37.5. The van der Waals surface area contributed by atoms with Crippen LogP contribution in [0.4, 0.5) is 14.5 Å². The lowest BCUT2D eigenvalue weighted by Crippen LogP contribution is -2.42. The van der Waals surface area contributed by atoms with Gasteiger partial charge in [-0.05, 0) is 134 Å². The molecule has 1 spiro atoms. The predicted octanol–water partition coefficient (Wildman–Crippen LogP) is 6.84. The summed E-state index contributed by atoms with van der Waals surface area (Å²) < 4.78 is 39.9. The molecule has 3 aromatic carbocycles. The molecule has 9 rings (SSSR count). The summed E-state index contributed by atoms with van der Waals surface area (Å²) in [4.78, 5) is 46.1. The Labute approximate surface area is 321 Å². The second-order valence-corrected chi connectivity index (χ2v) is 17.5. The molecule has 2 atom stereocenters. The van der Waals surface area contributed by atoms with E-state index in [-0.39, 0.29) is 40.9 Å². The number of imide groups is 1. The number of nitrogens with zero attached hydrogens (tertiary/aromatic N) is 4. The van der Waals surface area contributed by atoms with Crippen molar-refractivity contribution in [3.05, 3.63) is 97.5 Å². The number of nitrogens with one attached hydrogen (secondary N) is 1. The third-order valence-electron chi connectivity index (χ3n) is 13.0. The molecule has 54 heavy (non-hydrogen) atoms. The van der Waals surface area contributed by atoms with Crippen LogP contribution in [0.3, 0.4) is 0 Å². The summed E-state index contributed by atoms with van der Waals surface area (Å²) in [6.45, 7) is 9.26. The maximum absolute atomic E-state index is 15.2. The molecule has 6 heterocycles. The van der Waals surface area contributed by atoms with Crippen molar-refractivity contribution in [3.8, 4) is 5.69 Å². The molecule has 5 aliphatic heterocycles. The highest BCUT2D eigenvalue weighted by atomic mass is 79.9. The van der Waals surface area contributed by atoms with E-state index in [1.807, 2.05) is 23.1 Å². The van der Waals surface area contributed by atoms with Crippen LogP contribution in [0, 0.1) is 17.0 Å². The number of anilines is 1. The summed E-state index contributed by atoms with van der Waals surface area (Å²) in [7, 11) is 0. The molecule has 1 aromatic heterocycles. The van der Waals surface area contributed by atoms with E-state index in [1.54, 1.807) is 0 Å². The number of hydrogen-bond donors (Lipinski definition) is 1. The predicted molar refractivity (Wildman–Crippen MR) is 205 cm³/mol. The molecule has 4 aromatic rings. The molecule has 2 amide bonds. The van der Waals surface area contributed by atoms with Gasteiger partial charge in [0.15, 0.2) is 0 Å². The van der Waals surface area contributed by atoms with Crippen LogP contribution in [0.5, 0.6) is 0 Å². The fourth-order valence-corrected chi connectivity index (χ4v) is 10.4. The van der Waals surface area contributed by atoms with Gasteiger partial charge in [0.25, 0.3) is 5.56 Å². The molecule has 0 saturated carbocycles. The summed E-state index contributed by atoms with van der Waals surface area (Å²) in [6, 6.07) is 15.4. The fourth-order valence-electron chi connectivity index (χ4n) is 9.92. The maximum Gasteiger partial charge on any atom is 0.281 e. The topological polar surface area (TPSA) is 96.8 Å². The Morgan fingerprint density at radius 1 is 0.963 bits per heavy atom.